The van der Waals surface area contributed by atoms with Crippen molar-refractivity contribution in [1.82, 2.24) is 4.90 Å². The van der Waals surface area contributed by atoms with Gasteiger partial charge in [0.25, 0.3) is 0 Å². The molecule has 1 aliphatic rings. The van der Waals surface area contributed by atoms with E-state index in [1.165, 1.54) is 12.1 Å². The molecule has 0 aromatic heterocycles. The first-order valence-electron chi connectivity index (χ1n) is 6.50. The van der Waals surface area contributed by atoms with Crippen molar-refractivity contribution < 1.29 is 19.2 Å². The molecule has 0 aliphatic carbocycles. The summed E-state index contributed by atoms with van der Waals surface area (Å²) in [5.74, 6) is -0.458. The second-order valence-electron chi connectivity index (χ2n) is 4.98. The second kappa shape index (κ2) is 6.48. The predicted octanol–water partition coefficient (Wildman–Crippen LogP) is 0.116. The molecule has 2 rings (SSSR count). The highest BCUT2D eigenvalue weighted by molar-refractivity contribution is 6.59. The van der Waals surface area contributed by atoms with Gasteiger partial charge in [0.1, 0.15) is 5.82 Å². The van der Waals surface area contributed by atoms with E-state index in [1.807, 2.05) is 7.05 Å². The Morgan fingerprint density at radius 3 is 2.68 bits per heavy atom. The normalized spacial score (nSPS) is 16.9. The van der Waals surface area contributed by atoms with Crippen LogP contribution in [0, 0.1) is 5.82 Å². The number of rotatable bonds is 4. The third-order valence-electron chi connectivity index (χ3n) is 3.62. The Morgan fingerprint density at radius 1 is 1.37 bits per heavy atom. The van der Waals surface area contributed by atoms with Crippen molar-refractivity contribution in [3.63, 3.8) is 0 Å². The van der Waals surface area contributed by atoms with E-state index in [-0.39, 0.29) is 5.46 Å². The molecular formula is C13H19BFNO3. The molecular weight excluding hydrogens is 248 g/mol. The highest BCUT2D eigenvalue weighted by Gasteiger charge is 2.22. The van der Waals surface area contributed by atoms with Crippen LogP contribution in [0.4, 0.5) is 4.39 Å². The van der Waals surface area contributed by atoms with Crippen molar-refractivity contribution in [2.45, 2.75) is 25.4 Å². The van der Waals surface area contributed by atoms with E-state index in [2.05, 4.69) is 4.90 Å². The molecule has 1 aromatic rings. The van der Waals surface area contributed by atoms with E-state index in [0.717, 1.165) is 31.6 Å². The average molecular weight is 267 g/mol. The number of halogens is 1. The molecule has 1 aromatic carbocycles. The summed E-state index contributed by atoms with van der Waals surface area (Å²) in [5.41, 5.74) is 0.976. The maximum absolute atomic E-state index is 13.1. The van der Waals surface area contributed by atoms with Crippen molar-refractivity contribution >= 4 is 12.6 Å². The average Bonchev–Trinajstić information content (AvgIpc) is 2.41. The Morgan fingerprint density at radius 2 is 2.05 bits per heavy atom. The van der Waals surface area contributed by atoms with Crippen molar-refractivity contribution in [2.24, 2.45) is 0 Å². The third kappa shape index (κ3) is 3.76. The summed E-state index contributed by atoms with van der Waals surface area (Å²) in [6.07, 6.45) is 1.93. The molecule has 104 valence electrons. The molecule has 0 amide bonds. The summed E-state index contributed by atoms with van der Waals surface area (Å²) in [6, 6.07) is 4.55. The van der Waals surface area contributed by atoms with E-state index in [0.29, 0.717) is 12.6 Å². The molecule has 0 atom stereocenters. The first kappa shape index (κ1) is 14.5. The molecule has 0 bridgehead atoms. The van der Waals surface area contributed by atoms with E-state index in [1.54, 1.807) is 6.07 Å². The Kier molecular flexibility index (Phi) is 4.93. The molecule has 19 heavy (non-hydrogen) atoms. The van der Waals surface area contributed by atoms with Crippen LogP contribution in [-0.4, -0.2) is 48.4 Å². The second-order valence-corrected chi connectivity index (χ2v) is 4.98. The molecule has 0 unspecified atom stereocenters. The highest BCUT2D eigenvalue weighted by Crippen LogP contribution is 2.15. The minimum Gasteiger partial charge on any atom is -0.423 e. The molecule has 0 saturated carbocycles. The smallest absolute Gasteiger partial charge is 0.423 e. The quantitative estimate of drug-likeness (QED) is 0.761. The van der Waals surface area contributed by atoms with Crippen LogP contribution in [0.15, 0.2) is 18.2 Å². The number of hydrogen-bond acceptors (Lipinski definition) is 4. The monoisotopic (exact) mass is 267 g/mol. The van der Waals surface area contributed by atoms with Gasteiger partial charge in [0.05, 0.1) is 0 Å². The van der Waals surface area contributed by atoms with Crippen LogP contribution < -0.4 is 5.46 Å². The van der Waals surface area contributed by atoms with Gasteiger partial charge in [-0.15, -0.1) is 0 Å². The van der Waals surface area contributed by atoms with Gasteiger partial charge in [0.2, 0.25) is 0 Å². The van der Waals surface area contributed by atoms with Crippen LogP contribution >= 0.6 is 0 Å². The number of nitrogens with zero attached hydrogens (tertiary/aromatic N) is 1. The maximum atomic E-state index is 13.1. The van der Waals surface area contributed by atoms with Crippen molar-refractivity contribution in [3.8, 4) is 0 Å². The lowest BCUT2D eigenvalue weighted by Gasteiger charge is -2.31. The Labute approximate surface area is 113 Å². The van der Waals surface area contributed by atoms with E-state index in [4.69, 9.17) is 4.74 Å². The molecule has 6 heteroatoms. The molecule has 2 N–H and O–H groups in total. The van der Waals surface area contributed by atoms with Crippen LogP contribution in [0.2, 0.25) is 0 Å². The van der Waals surface area contributed by atoms with Gasteiger partial charge in [0.15, 0.2) is 0 Å². The summed E-state index contributed by atoms with van der Waals surface area (Å²) >= 11 is 0. The van der Waals surface area contributed by atoms with Gasteiger partial charge in [-0.2, -0.15) is 0 Å². The lowest BCUT2D eigenvalue weighted by Crippen LogP contribution is -2.40. The minimum atomic E-state index is -1.64. The fourth-order valence-corrected chi connectivity index (χ4v) is 2.47. The Bertz CT molecular complexity index is 424. The predicted molar refractivity (Wildman–Crippen MR) is 71.5 cm³/mol. The van der Waals surface area contributed by atoms with Gasteiger partial charge in [-0.25, -0.2) is 4.39 Å². The van der Waals surface area contributed by atoms with Gasteiger partial charge in [-0.3, -0.25) is 4.90 Å². The molecule has 0 radical (unpaired) electrons. The Hall–Kier alpha value is -0.945. The largest absolute Gasteiger partial charge is 0.488 e. The van der Waals surface area contributed by atoms with Crippen molar-refractivity contribution in [3.05, 3.63) is 29.6 Å². The zero-order valence-corrected chi connectivity index (χ0v) is 11.1. The van der Waals surface area contributed by atoms with Gasteiger partial charge in [-0.05, 0) is 43.0 Å². The first-order chi connectivity index (χ1) is 9.08. The topological polar surface area (TPSA) is 52.9 Å². The van der Waals surface area contributed by atoms with Gasteiger partial charge >= 0.3 is 7.12 Å². The summed E-state index contributed by atoms with van der Waals surface area (Å²) in [7, 11) is 0.348. The molecule has 1 aliphatic heterocycles. The van der Waals surface area contributed by atoms with Crippen LogP contribution in [0.1, 0.15) is 18.4 Å². The fraction of sp³-hybridized carbons (Fsp3) is 0.538. The number of ether oxygens (including phenoxy) is 1. The number of benzene rings is 1. The van der Waals surface area contributed by atoms with Crippen LogP contribution in [0.25, 0.3) is 0 Å². The van der Waals surface area contributed by atoms with Crippen molar-refractivity contribution in [1.29, 1.82) is 0 Å². The highest BCUT2D eigenvalue weighted by atomic mass is 19.1. The van der Waals surface area contributed by atoms with Crippen LogP contribution in [-0.2, 0) is 11.3 Å². The standard InChI is InChI=1S/C13H19BFNO3/c1-16(12-4-6-19-7-5-12)9-10-2-3-11(15)8-13(10)14(17)18/h2-3,8,12,17-18H,4-7,9H2,1H3. The lowest BCUT2D eigenvalue weighted by atomic mass is 9.76. The van der Waals surface area contributed by atoms with Crippen LogP contribution in [0.3, 0.4) is 0 Å². The van der Waals surface area contributed by atoms with Gasteiger partial charge in [-0.1, -0.05) is 6.07 Å². The lowest BCUT2D eigenvalue weighted by molar-refractivity contribution is 0.0407. The zero-order chi connectivity index (χ0) is 13.8. The SMILES string of the molecule is CN(Cc1ccc(F)cc1B(O)O)C1CCOCC1. The molecule has 1 fully saturated rings. The number of hydrogen-bond donors (Lipinski definition) is 2. The fourth-order valence-electron chi connectivity index (χ4n) is 2.47. The molecule has 1 saturated heterocycles. The Balaban J connectivity index is 2.09. The molecule has 4 nitrogen and oxygen atoms in total. The minimum absolute atomic E-state index is 0.235. The van der Waals surface area contributed by atoms with Gasteiger partial charge in [0, 0.05) is 25.8 Å². The summed E-state index contributed by atoms with van der Waals surface area (Å²) in [5, 5.41) is 18.6. The third-order valence-corrected chi connectivity index (χ3v) is 3.62. The summed E-state index contributed by atoms with van der Waals surface area (Å²) in [4.78, 5) is 2.15. The molecule has 0 spiro atoms. The maximum Gasteiger partial charge on any atom is 0.488 e. The summed E-state index contributed by atoms with van der Waals surface area (Å²) in [6.45, 7) is 2.08. The van der Waals surface area contributed by atoms with E-state index >= 15 is 0 Å². The van der Waals surface area contributed by atoms with E-state index < -0.39 is 12.9 Å². The van der Waals surface area contributed by atoms with Crippen LogP contribution in [0.5, 0.6) is 0 Å². The first-order valence-corrected chi connectivity index (χ1v) is 6.50. The molecule has 1 heterocycles. The van der Waals surface area contributed by atoms with Crippen molar-refractivity contribution in [2.75, 3.05) is 20.3 Å². The zero-order valence-electron chi connectivity index (χ0n) is 11.1. The van der Waals surface area contributed by atoms with Gasteiger partial charge < -0.3 is 14.8 Å². The van der Waals surface area contributed by atoms with E-state index in [9.17, 15) is 14.4 Å². The summed E-state index contributed by atoms with van der Waals surface area (Å²) < 4.78 is 18.5.